The predicted molar refractivity (Wildman–Crippen MR) is 129 cm³/mol. The van der Waals surface area contributed by atoms with E-state index in [4.69, 9.17) is 9.26 Å². The number of anilines is 1. The van der Waals surface area contributed by atoms with Gasteiger partial charge in [0.1, 0.15) is 5.69 Å². The zero-order valence-electron chi connectivity index (χ0n) is 20.4. The van der Waals surface area contributed by atoms with Gasteiger partial charge in [-0.3, -0.25) is 4.79 Å². The number of ether oxygens (including phenoxy) is 1. The Balaban J connectivity index is 1.93. The van der Waals surface area contributed by atoms with Crippen molar-refractivity contribution in [2.45, 2.75) is 59.9 Å². The average molecular weight is 442 g/mol. The molecule has 1 saturated heterocycles. The molecule has 2 heterocycles. The molecule has 6 heteroatoms. The maximum atomic E-state index is 13.3. The van der Waals surface area contributed by atoms with E-state index in [1.807, 2.05) is 23.1 Å². The highest BCUT2D eigenvalue weighted by Gasteiger charge is 2.29. The third-order valence-corrected chi connectivity index (χ3v) is 6.05. The lowest BCUT2D eigenvalue weighted by Gasteiger charge is -2.31. The van der Waals surface area contributed by atoms with E-state index in [9.17, 15) is 4.79 Å². The molecule has 1 aromatic carbocycles. The molecule has 6 nitrogen and oxygen atoms in total. The molecule has 1 aliphatic heterocycles. The molecule has 0 saturated carbocycles. The van der Waals surface area contributed by atoms with Gasteiger partial charge < -0.3 is 19.1 Å². The fourth-order valence-corrected chi connectivity index (χ4v) is 4.17. The molecule has 0 N–H and O–H groups in total. The van der Waals surface area contributed by atoms with E-state index in [1.165, 1.54) is 0 Å². The van der Waals surface area contributed by atoms with E-state index in [2.05, 4.69) is 49.9 Å². The summed E-state index contributed by atoms with van der Waals surface area (Å²) in [6.07, 6.45) is 3.58. The molecule has 0 spiro atoms. The van der Waals surface area contributed by atoms with Crippen molar-refractivity contribution < 1.29 is 14.1 Å². The van der Waals surface area contributed by atoms with Crippen LogP contribution in [0, 0.1) is 11.3 Å². The van der Waals surface area contributed by atoms with Crippen LogP contribution in [0.5, 0.6) is 0 Å². The number of benzene rings is 1. The molecule has 3 rings (SSSR count). The van der Waals surface area contributed by atoms with Crippen molar-refractivity contribution in [1.82, 2.24) is 10.1 Å². The van der Waals surface area contributed by atoms with E-state index >= 15 is 0 Å². The molecular formula is C26H39N3O3. The molecule has 0 aliphatic carbocycles. The molecule has 1 aromatic heterocycles. The molecule has 0 radical (unpaired) electrons. The van der Waals surface area contributed by atoms with Crippen LogP contribution < -0.4 is 4.90 Å². The number of methoxy groups -OCH3 is 1. The third kappa shape index (κ3) is 6.58. The summed E-state index contributed by atoms with van der Waals surface area (Å²) in [5.74, 6) is 1.70. The van der Waals surface area contributed by atoms with Crippen LogP contribution >= 0.6 is 0 Å². The number of hydrogen-bond acceptors (Lipinski definition) is 5. The standard InChI is InChI=1S/C26H39N3O3/c1-20-12-15-28(16-13-20)25-22(24(27-32-25)21-10-7-6-8-11-21)19-29(14-9-17-31-5)23(30)18-26(2,3)4/h6-8,10-11,20H,9,12-19H2,1-5H3. The molecule has 2 aromatic rings. The number of carbonyl (C=O) groups is 1. The molecular weight excluding hydrogens is 402 g/mol. The van der Waals surface area contributed by atoms with Gasteiger partial charge in [-0.1, -0.05) is 63.2 Å². The Morgan fingerprint density at radius 1 is 1.22 bits per heavy atom. The van der Waals surface area contributed by atoms with Gasteiger partial charge in [0.15, 0.2) is 0 Å². The smallest absolute Gasteiger partial charge is 0.232 e. The SMILES string of the molecule is COCCCN(Cc1c(-c2ccccc2)noc1N1CCC(C)CC1)C(=O)CC(C)(C)C. The number of amides is 1. The van der Waals surface area contributed by atoms with E-state index in [-0.39, 0.29) is 11.3 Å². The summed E-state index contributed by atoms with van der Waals surface area (Å²) in [6.45, 7) is 12.3. The first-order valence-corrected chi connectivity index (χ1v) is 11.8. The van der Waals surface area contributed by atoms with Crippen LogP contribution in [-0.2, 0) is 16.1 Å². The highest BCUT2D eigenvalue weighted by Crippen LogP contribution is 2.35. The normalized spacial score (nSPS) is 15.2. The predicted octanol–water partition coefficient (Wildman–Crippen LogP) is 5.38. The van der Waals surface area contributed by atoms with Crippen molar-refractivity contribution >= 4 is 11.8 Å². The maximum absolute atomic E-state index is 13.3. The lowest BCUT2D eigenvalue weighted by atomic mass is 9.91. The number of piperidine rings is 1. The van der Waals surface area contributed by atoms with Gasteiger partial charge in [0.25, 0.3) is 0 Å². The molecule has 1 fully saturated rings. The fraction of sp³-hybridized carbons (Fsp3) is 0.615. The molecule has 176 valence electrons. The summed E-state index contributed by atoms with van der Waals surface area (Å²) >= 11 is 0. The van der Waals surface area contributed by atoms with Crippen LogP contribution in [0.3, 0.4) is 0 Å². The monoisotopic (exact) mass is 441 g/mol. The van der Waals surface area contributed by atoms with Crippen LogP contribution in [0.1, 0.15) is 58.9 Å². The van der Waals surface area contributed by atoms with Crippen LogP contribution in [-0.4, -0.2) is 49.3 Å². The molecule has 1 amide bonds. The number of nitrogens with zero attached hydrogens (tertiary/aromatic N) is 3. The summed E-state index contributed by atoms with van der Waals surface area (Å²) in [5.41, 5.74) is 2.78. The van der Waals surface area contributed by atoms with Crippen LogP contribution in [0.25, 0.3) is 11.3 Å². The Morgan fingerprint density at radius 2 is 1.91 bits per heavy atom. The third-order valence-electron chi connectivity index (χ3n) is 6.05. The first-order chi connectivity index (χ1) is 15.3. The number of aromatic nitrogens is 1. The van der Waals surface area contributed by atoms with Crippen molar-refractivity contribution in [3.63, 3.8) is 0 Å². The summed E-state index contributed by atoms with van der Waals surface area (Å²) < 4.78 is 11.2. The Bertz CT molecular complexity index is 849. The minimum absolute atomic E-state index is 0.0701. The number of carbonyl (C=O) groups excluding carboxylic acids is 1. The van der Waals surface area contributed by atoms with Crippen LogP contribution in [0.4, 0.5) is 5.88 Å². The Morgan fingerprint density at radius 3 is 2.53 bits per heavy atom. The molecule has 0 unspecified atom stereocenters. The maximum Gasteiger partial charge on any atom is 0.232 e. The minimum atomic E-state index is -0.0701. The highest BCUT2D eigenvalue weighted by molar-refractivity contribution is 5.78. The fourth-order valence-electron chi connectivity index (χ4n) is 4.17. The van der Waals surface area contributed by atoms with Crippen molar-refractivity contribution in [1.29, 1.82) is 0 Å². The first kappa shape index (κ1) is 24.3. The second-order valence-corrected chi connectivity index (χ2v) is 10.2. The highest BCUT2D eigenvalue weighted by atomic mass is 16.5. The van der Waals surface area contributed by atoms with Gasteiger partial charge >= 0.3 is 0 Å². The Kier molecular flexibility index (Phi) is 8.35. The summed E-state index contributed by atoms with van der Waals surface area (Å²) in [4.78, 5) is 17.5. The van der Waals surface area contributed by atoms with E-state index < -0.39 is 0 Å². The number of hydrogen-bond donors (Lipinski definition) is 0. The van der Waals surface area contributed by atoms with Gasteiger partial charge in [-0.05, 0) is 30.6 Å². The number of rotatable bonds is 9. The molecule has 0 bridgehead atoms. The average Bonchev–Trinajstić information content (AvgIpc) is 3.16. The summed E-state index contributed by atoms with van der Waals surface area (Å²) in [7, 11) is 1.70. The second kappa shape index (κ2) is 11.0. The van der Waals surface area contributed by atoms with Crippen LogP contribution in [0.15, 0.2) is 34.9 Å². The van der Waals surface area contributed by atoms with Gasteiger partial charge in [-0.25, -0.2) is 0 Å². The second-order valence-electron chi connectivity index (χ2n) is 10.2. The molecule has 1 aliphatic rings. The molecule has 0 atom stereocenters. The van der Waals surface area contributed by atoms with E-state index in [0.29, 0.717) is 26.1 Å². The largest absolute Gasteiger partial charge is 0.385 e. The van der Waals surface area contributed by atoms with Crippen molar-refractivity contribution in [2.75, 3.05) is 38.3 Å². The topological polar surface area (TPSA) is 58.8 Å². The molecule has 32 heavy (non-hydrogen) atoms. The van der Waals surface area contributed by atoms with Crippen molar-refractivity contribution in [3.8, 4) is 11.3 Å². The Labute approximate surface area is 192 Å². The lowest BCUT2D eigenvalue weighted by molar-refractivity contribution is -0.133. The van der Waals surface area contributed by atoms with Gasteiger partial charge in [0.05, 0.1) is 12.1 Å². The summed E-state index contributed by atoms with van der Waals surface area (Å²) in [6, 6.07) is 10.1. The van der Waals surface area contributed by atoms with E-state index in [1.54, 1.807) is 7.11 Å². The van der Waals surface area contributed by atoms with Crippen LogP contribution in [0.2, 0.25) is 0 Å². The van der Waals surface area contributed by atoms with Gasteiger partial charge in [0, 0.05) is 45.3 Å². The Hall–Kier alpha value is -2.34. The zero-order valence-corrected chi connectivity index (χ0v) is 20.4. The zero-order chi connectivity index (χ0) is 23.1. The van der Waals surface area contributed by atoms with E-state index in [0.717, 1.165) is 61.0 Å². The van der Waals surface area contributed by atoms with Gasteiger partial charge in [-0.2, -0.15) is 0 Å². The minimum Gasteiger partial charge on any atom is -0.385 e. The first-order valence-electron chi connectivity index (χ1n) is 11.8. The van der Waals surface area contributed by atoms with Crippen molar-refractivity contribution in [2.24, 2.45) is 11.3 Å². The van der Waals surface area contributed by atoms with Gasteiger partial charge in [0.2, 0.25) is 11.8 Å². The van der Waals surface area contributed by atoms with Gasteiger partial charge in [-0.15, -0.1) is 0 Å². The van der Waals surface area contributed by atoms with Crippen molar-refractivity contribution in [3.05, 3.63) is 35.9 Å². The summed E-state index contributed by atoms with van der Waals surface area (Å²) in [5, 5.41) is 4.48. The lowest BCUT2D eigenvalue weighted by Crippen LogP contribution is -2.36. The quantitative estimate of drug-likeness (QED) is 0.489.